The number of benzene rings is 3. The number of anilines is 3. The van der Waals surface area contributed by atoms with E-state index in [1.54, 1.807) is 54.6 Å². The lowest BCUT2D eigenvalue weighted by Crippen LogP contribution is -2.48. The summed E-state index contributed by atoms with van der Waals surface area (Å²) < 4.78 is 28.3. The second kappa shape index (κ2) is 8.84. The van der Waals surface area contributed by atoms with Crippen molar-refractivity contribution in [2.24, 2.45) is 0 Å². The number of nitrogens with one attached hydrogen (secondary N) is 1. The molecule has 0 unspecified atom stereocenters. The number of sulfonamides is 1. The van der Waals surface area contributed by atoms with Crippen molar-refractivity contribution < 1.29 is 18.0 Å². The molecule has 2 amide bonds. The Kier molecular flexibility index (Phi) is 5.96. The average Bonchev–Trinajstić information content (AvgIpc) is 2.82. The summed E-state index contributed by atoms with van der Waals surface area (Å²) in [7, 11) is -4.03. The van der Waals surface area contributed by atoms with Gasteiger partial charge in [-0.05, 0) is 42.3 Å². The van der Waals surface area contributed by atoms with Crippen LogP contribution in [0.15, 0.2) is 83.8 Å². The van der Waals surface area contributed by atoms with Crippen molar-refractivity contribution in [3.63, 3.8) is 0 Å². The second-order valence-corrected chi connectivity index (χ2v) is 9.21. The van der Waals surface area contributed by atoms with Gasteiger partial charge in [-0.25, -0.2) is 8.42 Å². The van der Waals surface area contributed by atoms with E-state index in [9.17, 15) is 18.0 Å². The third kappa shape index (κ3) is 4.09. The highest BCUT2D eigenvalue weighted by Gasteiger charge is 2.33. The van der Waals surface area contributed by atoms with Crippen LogP contribution in [0.3, 0.4) is 0 Å². The van der Waals surface area contributed by atoms with Gasteiger partial charge in [0.05, 0.1) is 22.0 Å². The van der Waals surface area contributed by atoms with E-state index in [2.05, 4.69) is 5.32 Å². The Balaban J connectivity index is 1.77. The first-order chi connectivity index (χ1) is 15.4. The fraction of sp³-hybridized carbons (Fsp3) is 0.167. The molecule has 4 rings (SSSR count). The van der Waals surface area contributed by atoms with Crippen molar-refractivity contribution in [3.8, 4) is 0 Å². The van der Waals surface area contributed by atoms with Crippen LogP contribution in [-0.4, -0.2) is 33.3 Å². The average molecular weight is 450 g/mol. The standard InChI is InChI=1S/C24H23N3O4S/c1-2-18-10-6-8-14-21(18)27(32(30,31)19-11-4-3-5-12-19)17-24(29)26-16-23(28)25-20-13-7-9-15-22(20)26/h3-15H,2,16-17H2,1H3,(H,25,28). The van der Waals surface area contributed by atoms with Gasteiger partial charge in [-0.1, -0.05) is 55.5 Å². The van der Waals surface area contributed by atoms with Gasteiger partial charge < -0.3 is 5.32 Å². The van der Waals surface area contributed by atoms with Crippen LogP contribution >= 0.6 is 0 Å². The molecule has 1 aliphatic heterocycles. The summed E-state index contributed by atoms with van der Waals surface area (Å²) in [5, 5.41) is 2.74. The maximum absolute atomic E-state index is 13.6. The molecule has 164 valence electrons. The zero-order chi connectivity index (χ0) is 22.7. The molecule has 0 fully saturated rings. The molecule has 1 N–H and O–H groups in total. The molecule has 3 aromatic carbocycles. The van der Waals surface area contributed by atoms with E-state index in [4.69, 9.17) is 0 Å². The van der Waals surface area contributed by atoms with E-state index >= 15 is 0 Å². The predicted octanol–water partition coefficient (Wildman–Crippen LogP) is 3.43. The molecule has 0 aromatic heterocycles. The van der Waals surface area contributed by atoms with E-state index in [1.165, 1.54) is 17.0 Å². The summed E-state index contributed by atoms with van der Waals surface area (Å²) in [6.45, 7) is 1.32. The number of hydrogen-bond donors (Lipinski definition) is 1. The highest BCUT2D eigenvalue weighted by atomic mass is 32.2. The molecule has 8 heteroatoms. The van der Waals surface area contributed by atoms with Crippen LogP contribution in [0.5, 0.6) is 0 Å². The van der Waals surface area contributed by atoms with Crippen molar-refractivity contribution in [2.75, 3.05) is 27.6 Å². The Morgan fingerprint density at radius 2 is 1.62 bits per heavy atom. The van der Waals surface area contributed by atoms with Gasteiger partial charge in [-0.2, -0.15) is 0 Å². The number of amides is 2. The molecule has 1 aliphatic rings. The predicted molar refractivity (Wildman–Crippen MR) is 124 cm³/mol. The van der Waals surface area contributed by atoms with Gasteiger partial charge in [0.25, 0.3) is 10.0 Å². The summed E-state index contributed by atoms with van der Waals surface area (Å²) in [6, 6.07) is 22.1. The van der Waals surface area contributed by atoms with Gasteiger partial charge in [0.1, 0.15) is 13.1 Å². The molecule has 7 nitrogen and oxygen atoms in total. The molecule has 0 spiro atoms. The van der Waals surface area contributed by atoms with Gasteiger partial charge >= 0.3 is 0 Å². The van der Waals surface area contributed by atoms with E-state index in [1.807, 2.05) is 19.1 Å². The number of para-hydroxylation sites is 3. The van der Waals surface area contributed by atoms with E-state index < -0.39 is 22.5 Å². The SMILES string of the molecule is CCc1ccccc1N(CC(=O)N1CC(=O)Nc2ccccc21)S(=O)(=O)c1ccccc1. The van der Waals surface area contributed by atoms with Crippen LogP contribution in [0.4, 0.5) is 17.1 Å². The smallest absolute Gasteiger partial charge is 0.264 e. The highest BCUT2D eigenvalue weighted by molar-refractivity contribution is 7.92. The van der Waals surface area contributed by atoms with Crippen LogP contribution in [0.2, 0.25) is 0 Å². The van der Waals surface area contributed by atoms with Crippen molar-refractivity contribution in [3.05, 3.63) is 84.4 Å². The lowest BCUT2D eigenvalue weighted by Gasteiger charge is -2.32. The monoisotopic (exact) mass is 449 g/mol. The van der Waals surface area contributed by atoms with Crippen molar-refractivity contribution in [1.82, 2.24) is 0 Å². The first-order valence-corrected chi connectivity index (χ1v) is 11.7. The Morgan fingerprint density at radius 3 is 2.38 bits per heavy atom. The summed E-state index contributed by atoms with van der Waals surface area (Å²) in [5.74, 6) is -0.818. The molecule has 0 aliphatic carbocycles. The topological polar surface area (TPSA) is 86.8 Å². The second-order valence-electron chi connectivity index (χ2n) is 7.35. The summed E-state index contributed by atoms with van der Waals surface area (Å²) in [5.41, 5.74) is 2.31. The van der Waals surface area contributed by atoms with Gasteiger partial charge in [0.15, 0.2) is 0 Å². The zero-order valence-corrected chi connectivity index (χ0v) is 18.4. The summed E-state index contributed by atoms with van der Waals surface area (Å²) in [4.78, 5) is 27.0. The Bertz CT molecular complexity index is 1260. The van der Waals surface area contributed by atoms with E-state index in [-0.39, 0.29) is 17.3 Å². The third-order valence-corrected chi connectivity index (χ3v) is 7.10. The summed E-state index contributed by atoms with van der Waals surface area (Å²) in [6.07, 6.45) is 0.597. The third-order valence-electron chi connectivity index (χ3n) is 5.32. The number of carbonyl (C=O) groups excluding carboxylic acids is 2. The Morgan fingerprint density at radius 1 is 0.969 bits per heavy atom. The number of fused-ring (bicyclic) bond motifs is 1. The zero-order valence-electron chi connectivity index (χ0n) is 17.6. The van der Waals surface area contributed by atoms with Crippen LogP contribution < -0.4 is 14.5 Å². The fourth-order valence-electron chi connectivity index (χ4n) is 3.74. The number of rotatable bonds is 6. The maximum Gasteiger partial charge on any atom is 0.264 e. The Hall–Kier alpha value is -3.65. The highest BCUT2D eigenvalue weighted by Crippen LogP contribution is 2.31. The van der Waals surface area contributed by atoms with E-state index in [0.717, 1.165) is 9.87 Å². The lowest BCUT2D eigenvalue weighted by molar-refractivity contribution is -0.121. The first-order valence-electron chi connectivity index (χ1n) is 10.3. The van der Waals surface area contributed by atoms with Crippen molar-refractivity contribution in [1.29, 1.82) is 0 Å². The van der Waals surface area contributed by atoms with Crippen LogP contribution in [0, 0.1) is 0 Å². The van der Waals surface area contributed by atoms with Gasteiger partial charge in [0, 0.05) is 0 Å². The largest absolute Gasteiger partial charge is 0.323 e. The number of aryl methyl sites for hydroxylation is 1. The fourth-order valence-corrected chi connectivity index (χ4v) is 5.21. The normalized spacial score (nSPS) is 13.3. The maximum atomic E-state index is 13.6. The summed E-state index contributed by atoms with van der Waals surface area (Å²) >= 11 is 0. The molecule has 1 heterocycles. The molecule has 0 radical (unpaired) electrons. The minimum atomic E-state index is -4.03. The van der Waals surface area contributed by atoms with Gasteiger partial charge in [-0.3, -0.25) is 18.8 Å². The molecular weight excluding hydrogens is 426 g/mol. The van der Waals surface area contributed by atoms with Gasteiger partial charge in [-0.15, -0.1) is 0 Å². The molecule has 0 bridgehead atoms. The van der Waals surface area contributed by atoms with Crippen molar-refractivity contribution in [2.45, 2.75) is 18.2 Å². The quantitative estimate of drug-likeness (QED) is 0.625. The number of hydrogen-bond acceptors (Lipinski definition) is 4. The molecule has 0 saturated carbocycles. The molecule has 32 heavy (non-hydrogen) atoms. The minimum Gasteiger partial charge on any atom is -0.323 e. The van der Waals surface area contributed by atoms with Crippen LogP contribution in [0.25, 0.3) is 0 Å². The van der Waals surface area contributed by atoms with Crippen LogP contribution in [-0.2, 0) is 26.0 Å². The molecule has 0 atom stereocenters. The first kappa shape index (κ1) is 21.6. The minimum absolute atomic E-state index is 0.0930. The number of nitrogens with zero attached hydrogens (tertiary/aromatic N) is 2. The molecule has 0 saturated heterocycles. The number of carbonyl (C=O) groups is 2. The lowest BCUT2D eigenvalue weighted by atomic mass is 10.1. The van der Waals surface area contributed by atoms with Gasteiger partial charge in [0.2, 0.25) is 11.8 Å². The van der Waals surface area contributed by atoms with E-state index in [0.29, 0.717) is 23.5 Å². The molecular formula is C24H23N3O4S. The van der Waals surface area contributed by atoms with Crippen LogP contribution in [0.1, 0.15) is 12.5 Å². The Labute approximate surface area is 187 Å². The van der Waals surface area contributed by atoms with Crippen molar-refractivity contribution >= 4 is 38.9 Å². The molecule has 3 aromatic rings.